The Morgan fingerprint density at radius 2 is 2.26 bits per heavy atom. The molecule has 2 aromatic heterocycles. The van der Waals surface area contributed by atoms with E-state index in [1.807, 2.05) is 26.2 Å². The summed E-state index contributed by atoms with van der Waals surface area (Å²) in [7, 11) is 0. The van der Waals surface area contributed by atoms with Gasteiger partial charge in [-0.15, -0.1) is 11.3 Å². The Balaban J connectivity index is 1.62. The normalized spacial score (nSPS) is 15.6. The number of carbonyl (C=O) groups excluding carboxylic acids is 1. The summed E-state index contributed by atoms with van der Waals surface area (Å²) in [6, 6.07) is 0. The maximum absolute atomic E-state index is 12.6. The number of hydrogen-bond donors (Lipinski definition) is 1. The summed E-state index contributed by atoms with van der Waals surface area (Å²) in [5.74, 6) is 0.911. The summed E-state index contributed by atoms with van der Waals surface area (Å²) in [6.45, 7) is 11.9. The fourth-order valence-electron chi connectivity index (χ4n) is 3.52. The zero-order valence-electron chi connectivity index (χ0n) is 16.6. The van der Waals surface area contributed by atoms with Gasteiger partial charge < -0.3 is 14.6 Å². The molecule has 2 aromatic rings. The van der Waals surface area contributed by atoms with Crippen LogP contribution in [-0.2, 0) is 24.2 Å². The van der Waals surface area contributed by atoms with Gasteiger partial charge in [0.25, 0.3) is 5.91 Å². The third-order valence-corrected chi connectivity index (χ3v) is 6.20. The van der Waals surface area contributed by atoms with Gasteiger partial charge in [0.05, 0.1) is 17.4 Å². The molecule has 0 saturated carbocycles. The van der Waals surface area contributed by atoms with Crippen LogP contribution in [0.3, 0.4) is 0 Å². The number of thiophene rings is 1. The summed E-state index contributed by atoms with van der Waals surface area (Å²) in [6.07, 6.45) is 1.87. The van der Waals surface area contributed by atoms with Gasteiger partial charge in [0, 0.05) is 48.6 Å². The number of nitrogens with one attached hydrogen (secondary N) is 1. The van der Waals surface area contributed by atoms with E-state index in [0.29, 0.717) is 13.2 Å². The van der Waals surface area contributed by atoms with Gasteiger partial charge in [0.1, 0.15) is 5.76 Å². The molecule has 6 nitrogen and oxygen atoms in total. The first kappa shape index (κ1) is 20.0. The second-order valence-electron chi connectivity index (χ2n) is 7.01. The minimum atomic E-state index is 0.0184. The molecule has 1 aliphatic heterocycles. The molecule has 0 saturated heterocycles. The molecule has 27 heavy (non-hydrogen) atoms. The monoisotopic (exact) mass is 391 g/mol. The molecule has 148 valence electrons. The van der Waals surface area contributed by atoms with Gasteiger partial charge in [-0.1, -0.05) is 12.1 Å². The van der Waals surface area contributed by atoms with E-state index in [4.69, 9.17) is 9.26 Å². The average molecular weight is 392 g/mol. The molecule has 0 radical (unpaired) electrons. The molecular formula is C20H29N3O3S. The topological polar surface area (TPSA) is 67.6 Å². The highest BCUT2D eigenvalue weighted by Crippen LogP contribution is 2.30. The predicted octanol–water partition coefficient (Wildman–Crippen LogP) is 3.46. The molecule has 0 fully saturated rings. The van der Waals surface area contributed by atoms with Crippen LogP contribution in [0.1, 0.15) is 58.1 Å². The van der Waals surface area contributed by atoms with Crippen molar-refractivity contribution < 1.29 is 14.1 Å². The quantitative estimate of drug-likeness (QED) is 0.746. The van der Waals surface area contributed by atoms with Crippen LogP contribution in [0.25, 0.3) is 0 Å². The van der Waals surface area contributed by atoms with Gasteiger partial charge >= 0.3 is 0 Å². The summed E-state index contributed by atoms with van der Waals surface area (Å²) in [5.41, 5.74) is 4.18. The molecular weight excluding hydrogens is 362 g/mol. The number of hydrogen-bond acceptors (Lipinski definition) is 6. The molecule has 1 aliphatic rings. The van der Waals surface area contributed by atoms with Crippen molar-refractivity contribution in [3.63, 3.8) is 0 Å². The van der Waals surface area contributed by atoms with E-state index >= 15 is 0 Å². The SMILES string of the molecule is CCO[C@@H](CC)CNC(=O)c1csc2c1CCN(Cc1c(C)noc1C)C2. The third-order valence-electron chi connectivity index (χ3n) is 5.18. The molecule has 1 atom stereocenters. The third kappa shape index (κ3) is 4.59. The number of carbonyl (C=O) groups is 1. The van der Waals surface area contributed by atoms with Crippen LogP contribution in [0.2, 0.25) is 0 Å². The van der Waals surface area contributed by atoms with Crippen LogP contribution in [-0.4, -0.2) is 41.8 Å². The molecule has 1 N–H and O–H groups in total. The number of amides is 1. The van der Waals surface area contributed by atoms with E-state index in [9.17, 15) is 4.79 Å². The molecule has 0 spiro atoms. The largest absolute Gasteiger partial charge is 0.377 e. The van der Waals surface area contributed by atoms with E-state index in [1.54, 1.807) is 11.3 Å². The van der Waals surface area contributed by atoms with E-state index in [2.05, 4.69) is 22.3 Å². The van der Waals surface area contributed by atoms with Crippen LogP contribution in [0, 0.1) is 13.8 Å². The van der Waals surface area contributed by atoms with Gasteiger partial charge in [-0.25, -0.2) is 0 Å². The number of nitrogens with zero attached hydrogens (tertiary/aromatic N) is 2. The van der Waals surface area contributed by atoms with E-state index in [0.717, 1.165) is 49.5 Å². The molecule has 0 unspecified atom stereocenters. The number of aryl methyl sites for hydroxylation is 2. The lowest BCUT2D eigenvalue weighted by Gasteiger charge is -2.27. The van der Waals surface area contributed by atoms with Crippen LogP contribution >= 0.6 is 11.3 Å². The van der Waals surface area contributed by atoms with Crippen molar-refractivity contribution in [3.05, 3.63) is 38.4 Å². The molecule has 0 bridgehead atoms. The van der Waals surface area contributed by atoms with Crippen molar-refractivity contribution in [2.45, 2.75) is 59.7 Å². The van der Waals surface area contributed by atoms with E-state index in [-0.39, 0.29) is 12.0 Å². The van der Waals surface area contributed by atoms with Crippen LogP contribution < -0.4 is 5.32 Å². The first-order valence-electron chi connectivity index (χ1n) is 9.66. The minimum Gasteiger partial charge on any atom is -0.377 e. The molecule has 0 aromatic carbocycles. The summed E-state index contributed by atoms with van der Waals surface area (Å²) >= 11 is 1.68. The Labute approximate surface area is 164 Å². The Morgan fingerprint density at radius 3 is 2.93 bits per heavy atom. The molecule has 3 rings (SSSR count). The lowest BCUT2D eigenvalue weighted by atomic mass is 10.0. The zero-order chi connectivity index (χ0) is 19.4. The van der Waals surface area contributed by atoms with E-state index < -0.39 is 0 Å². The molecule has 7 heteroatoms. The van der Waals surface area contributed by atoms with Crippen molar-refractivity contribution in [3.8, 4) is 0 Å². The van der Waals surface area contributed by atoms with Crippen molar-refractivity contribution in [1.82, 2.24) is 15.4 Å². The van der Waals surface area contributed by atoms with Gasteiger partial charge in [-0.2, -0.15) is 0 Å². The Bertz CT molecular complexity index is 764. The minimum absolute atomic E-state index is 0.0184. The van der Waals surface area contributed by atoms with Gasteiger partial charge in [-0.05, 0) is 39.2 Å². The smallest absolute Gasteiger partial charge is 0.252 e. The van der Waals surface area contributed by atoms with Gasteiger partial charge in [-0.3, -0.25) is 9.69 Å². The lowest BCUT2D eigenvalue weighted by Crippen LogP contribution is -2.35. The summed E-state index contributed by atoms with van der Waals surface area (Å²) < 4.78 is 10.9. The van der Waals surface area contributed by atoms with Crippen molar-refractivity contribution >= 4 is 17.2 Å². The summed E-state index contributed by atoms with van der Waals surface area (Å²) in [4.78, 5) is 16.3. The van der Waals surface area contributed by atoms with Crippen molar-refractivity contribution in [1.29, 1.82) is 0 Å². The lowest BCUT2D eigenvalue weighted by molar-refractivity contribution is 0.0568. The maximum atomic E-state index is 12.6. The van der Waals surface area contributed by atoms with Gasteiger partial charge in [0.15, 0.2) is 0 Å². The Kier molecular flexibility index (Phi) is 6.68. The number of rotatable bonds is 8. The second kappa shape index (κ2) is 8.99. The number of aromatic nitrogens is 1. The number of fused-ring (bicyclic) bond motifs is 1. The Morgan fingerprint density at radius 1 is 1.44 bits per heavy atom. The first-order valence-corrected chi connectivity index (χ1v) is 10.5. The van der Waals surface area contributed by atoms with Crippen molar-refractivity contribution in [2.75, 3.05) is 19.7 Å². The number of ether oxygens (including phenoxy) is 1. The molecule has 0 aliphatic carbocycles. The average Bonchev–Trinajstić information content (AvgIpc) is 3.23. The highest BCUT2D eigenvalue weighted by molar-refractivity contribution is 7.10. The highest BCUT2D eigenvalue weighted by atomic mass is 32.1. The molecule has 3 heterocycles. The van der Waals surface area contributed by atoms with Crippen LogP contribution in [0.5, 0.6) is 0 Å². The van der Waals surface area contributed by atoms with Crippen LogP contribution in [0.4, 0.5) is 0 Å². The Hall–Kier alpha value is -1.70. The summed E-state index contributed by atoms with van der Waals surface area (Å²) in [5, 5.41) is 9.09. The fraction of sp³-hybridized carbons (Fsp3) is 0.600. The molecule has 1 amide bonds. The zero-order valence-corrected chi connectivity index (χ0v) is 17.4. The highest BCUT2D eigenvalue weighted by Gasteiger charge is 2.25. The van der Waals surface area contributed by atoms with E-state index in [1.165, 1.54) is 16.0 Å². The van der Waals surface area contributed by atoms with Crippen molar-refractivity contribution in [2.24, 2.45) is 0 Å². The second-order valence-corrected chi connectivity index (χ2v) is 7.97. The van der Waals surface area contributed by atoms with Gasteiger partial charge in [0.2, 0.25) is 0 Å². The fourth-order valence-corrected chi connectivity index (χ4v) is 4.64. The maximum Gasteiger partial charge on any atom is 0.252 e. The first-order chi connectivity index (χ1) is 13.0. The van der Waals surface area contributed by atoms with Crippen LogP contribution in [0.15, 0.2) is 9.90 Å². The standard InChI is InChI=1S/C20H29N3O3S/c1-5-15(25-6-2)9-21-20(24)18-12-27-19-11-23(8-7-16(18)19)10-17-13(3)22-26-14(17)4/h12,15H,5-11H2,1-4H3,(H,21,24)/t15-/m0/s1. The predicted molar refractivity (Wildman–Crippen MR) is 106 cm³/mol.